The molecule has 6 heteroatoms. The normalized spacial score (nSPS) is 13.4. The van der Waals surface area contributed by atoms with Gasteiger partial charge in [0, 0.05) is 19.3 Å². The summed E-state index contributed by atoms with van der Waals surface area (Å²) in [6.07, 6.45) is 68.5. The fourth-order valence-corrected chi connectivity index (χ4v) is 5.43. The van der Waals surface area contributed by atoms with Crippen LogP contribution in [0.15, 0.2) is 146 Å². The van der Waals surface area contributed by atoms with E-state index in [-0.39, 0.29) is 44.4 Å². The third-order valence-corrected chi connectivity index (χ3v) is 8.82. The van der Waals surface area contributed by atoms with E-state index in [2.05, 4.69) is 167 Å². The molecular formula is C55H82O6. The van der Waals surface area contributed by atoms with Crippen molar-refractivity contribution >= 4 is 17.9 Å². The molecule has 0 amide bonds. The van der Waals surface area contributed by atoms with Gasteiger partial charge in [0.15, 0.2) is 6.10 Å². The van der Waals surface area contributed by atoms with E-state index in [0.29, 0.717) is 19.3 Å². The second-order valence-electron chi connectivity index (χ2n) is 14.5. The van der Waals surface area contributed by atoms with Crippen LogP contribution in [0.3, 0.4) is 0 Å². The summed E-state index contributed by atoms with van der Waals surface area (Å²) in [5, 5.41) is 0. The average molecular weight is 839 g/mol. The maximum absolute atomic E-state index is 12.7. The van der Waals surface area contributed by atoms with Gasteiger partial charge in [-0.15, -0.1) is 0 Å². The van der Waals surface area contributed by atoms with Gasteiger partial charge < -0.3 is 14.2 Å². The molecule has 0 aliphatic carbocycles. The fourth-order valence-electron chi connectivity index (χ4n) is 5.43. The number of allylic oxidation sites excluding steroid dienone is 24. The molecule has 338 valence electrons. The Morgan fingerprint density at radius 2 is 0.590 bits per heavy atom. The van der Waals surface area contributed by atoms with Gasteiger partial charge >= 0.3 is 17.9 Å². The van der Waals surface area contributed by atoms with E-state index in [4.69, 9.17) is 14.2 Å². The molecule has 6 nitrogen and oxygen atoms in total. The molecule has 0 aromatic heterocycles. The van der Waals surface area contributed by atoms with Crippen LogP contribution in [0.4, 0.5) is 0 Å². The van der Waals surface area contributed by atoms with Crippen molar-refractivity contribution in [2.75, 3.05) is 13.2 Å². The molecule has 0 aliphatic heterocycles. The SMILES string of the molecule is CC/C=C\C/C=C\C/C=C\C/C=C\C/C=C\CCCC(=O)OCC(COC(=O)CCCC/C=C\C/C=C\CC)OC(=O)CCC/C=C\C/C=C\C/C=C\C/C=C\C/C=C\CC. The van der Waals surface area contributed by atoms with Crippen LogP contribution in [-0.4, -0.2) is 37.2 Å². The molecule has 1 unspecified atom stereocenters. The minimum Gasteiger partial charge on any atom is -0.462 e. The Labute approximate surface area is 372 Å². The van der Waals surface area contributed by atoms with Crippen LogP contribution >= 0.6 is 0 Å². The highest BCUT2D eigenvalue weighted by Gasteiger charge is 2.19. The summed E-state index contributed by atoms with van der Waals surface area (Å²) in [5.74, 6) is -1.11. The van der Waals surface area contributed by atoms with Gasteiger partial charge in [-0.25, -0.2) is 0 Å². The number of carbonyl (C=O) groups is 3. The van der Waals surface area contributed by atoms with E-state index >= 15 is 0 Å². The van der Waals surface area contributed by atoms with E-state index < -0.39 is 12.1 Å². The zero-order valence-electron chi connectivity index (χ0n) is 38.4. The van der Waals surface area contributed by atoms with Crippen molar-refractivity contribution in [3.05, 3.63) is 146 Å². The second kappa shape index (κ2) is 48.0. The molecule has 61 heavy (non-hydrogen) atoms. The van der Waals surface area contributed by atoms with E-state index in [1.165, 1.54) is 0 Å². The molecule has 0 saturated heterocycles. The topological polar surface area (TPSA) is 78.9 Å². The van der Waals surface area contributed by atoms with Crippen LogP contribution < -0.4 is 0 Å². The van der Waals surface area contributed by atoms with Gasteiger partial charge in [-0.1, -0.05) is 167 Å². The van der Waals surface area contributed by atoms with Crippen molar-refractivity contribution < 1.29 is 28.6 Å². The highest BCUT2D eigenvalue weighted by atomic mass is 16.6. The van der Waals surface area contributed by atoms with Crippen molar-refractivity contribution in [1.29, 1.82) is 0 Å². The highest BCUT2D eigenvalue weighted by Crippen LogP contribution is 2.09. The van der Waals surface area contributed by atoms with E-state index in [1.54, 1.807) is 0 Å². The number of esters is 3. The standard InChI is InChI=1S/C55H82O6/c1-4-7-10-13-16-19-21-23-25-27-29-31-33-36-39-42-45-48-54(57)60-51-52(50-59-53(56)47-44-41-38-35-18-15-12-9-6-3)61-55(58)49-46-43-40-37-34-32-30-28-26-24-22-20-17-14-11-8-5-2/h7-12,16-20,23-26,29-32,35-37,39-40,52H,4-6,13-15,21-22,27-28,33-34,38,41-51H2,1-3H3/b10-7-,11-8-,12-9-,19-16-,20-17-,25-23-,26-24-,31-29-,32-30-,35-18-,39-36-,40-37-. The predicted octanol–water partition coefficient (Wildman–Crippen LogP) is 15.3. The molecule has 0 N–H and O–H groups in total. The molecular weight excluding hydrogens is 757 g/mol. The van der Waals surface area contributed by atoms with Crippen molar-refractivity contribution in [3.63, 3.8) is 0 Å². The van der Waals surface area contributed by atoms with Gasteiger partial charge in [-0.3, -0.25) is 14.4 Å². The number of hydrogen-bond acceptors (Lipinski definition) is 6. The summed E-state index contributed by atoms with van der Waals surface area (Å²) in [6, 6.07) is 0. The lowest BCUT2D eigenvalue weighted by Crippen LogP contribution is -2.30. The summed E-state index contributed by atoms with van der Waals surface area (Å²) in [4.78, 5) is 37.7. The molecule has 0 aromatic rings. The number of ether oxygens (including phenoxy) is 3. The molecule has 0 saturated carbocycles. The predicted molar refractivity (Wildman–Crippen MR) is 260 cm³/mol. The molecule has 0 radical (unpaired) electrons. The zero-order valence-corrected chi connectivity index (χ0v) is 38.4. The van der Waals surface area contributed by atoms with E-state index in [0.717, 1.165) is 103 Å². The Hall–Kier alpha value is -4.71. The molecule has 0 heterocycles. The van der Waals surface area contributed by atoms with Crippen molar-refractivity contribution in [3.8, 4) is 0 Å². The first-order valence-corrected chi connectivity index (χ1v) is 23.3. The molecule has 0 rings (SSSR count). The largest absolute Gasteiger partial charge is 0.462 e. The third-order valence-electron chi connectivity index (χ3n) is 8.82. The maximum atomic E-state index is 12.7. The molecule has 0 aromatic carbocycles. The van der Waals surface area contributed by atoms with Crippen LogP contribution in [0.1, 0.15) is 162 Å². The van der Waals surface area contributed by atoms with E-state index in [1.807, 2.05) is 0 Å². The Balaban J connectivity index is 4.61. The molecule has 0 bridgehead atoms. The summed E-state index contributed by atoms with van der Waals surface area (Å²) in [6.45, 7) is 6.11. The first kappa shape index (κ1) is 56.3. The lowest BCUT2D eigenvalue weighted by atomic mass is 10.2. The van der Waals surface area contributed by atoms with Crippen molar-refractivity contribution in [2.45, 2.75) is 168 Å². The van der Waals surface area contributed by atoms with Gasteiger partial charge in [-0.2, -0.15) is 0 Å². The molecule has 0 spiro atoms. The van der Waals surface area contributed by atoms with Gasteiger partial charge in [0.1, 0.15) is 13.2 Å². The lowest BCUT2D eigenvalue weighted by molar-refractivity contribution is -0.167. The molecule has 0 fully saturated rings. The quantitative estimate of drug-likeness (QED) is 0.0265. The van der Waals surface area contributed by atoms with Crippen LogP contribution in [0.2, 0.25) is 0 Å². The third kappa shape index (κ3) is 46.2. The highest BCUT2D eigenvalue weighted by molar-refractivity contribution is 5.71. The number of rotatable bonds is 39. The van der Waals surface area contributed by atoms with Crippen LogP contribution in [-0.2, 0) is 28.6 Å². The van der Waals surface area contributed by atoms with Crippen LogP contribution in [0.25, 0.3) is 0 Å². The number of unbranched alkanes of at least 4 members (excludes halogenated alkanes) is 4. The maximum Gasteiger partial charge on any atom is 0.306 e. The van der Waals surface area contributed by atoms with Crippen molar-refractivity contribution in [2.24, 2.45) is 0 Å². The van der Waals surface area contributed by atoms with Gasteiger partial charge in [0.05, 0.1) is 0 Å². The minimum atomic E-state index is -0.848. The minimum absolute atomic E-state index is 0.143. The van der Waals surface area contributed by atoms with Gasteiger partial charge in [-0.05, 0) is 122 Å². The molecule has 0 aliphatic rings. The average Bonchev–Trinajstić information content (AvgIpc) is 3.26. The second-order valence-corrected chi connectivity index (χ2v) is 14.5. The Kier molecular flexibility index (Phi) is 44.3. The Bertz CT molecular complexity index is 1430. The fraction of sp³-hybridized carbons (Fsp3) is 0.509. The Morgan fingerprint density at radius 3 is 0.918 bits per heavy atom. The molecule has 1 atom stereocenters. The number of carbonyl (C=O) groups excluding carboxylic acids is 3. The summed E-state index contributed by atoms with van der Waals surface area (Å²) in [5.41, 5.74) is 0. The first-order chi connectivity index (χ1) is 30.0. The number of hydrogen-bond donors (Lipinski definition) is 0. The van der Waals surface area contributed by atoms with E-state index in [9.17, 15) is 14.4 Å². The van der Waals surface area contributed by atoms with Crippen LogP contribution in [0.5, 0.6) is 0 Å². The summed E-state index contributed by atoms with van der Waals surface area (Å²) < 4.78 is 16.6. The smallest absolute Gasteiger partial charge is 0.306 e. The Morgan fingerprint density at radius 1 is 0.328 bits per heavy atom. The zero-order chi connectivity index (χ0) is 44.4. The summed E-state index contributed by atoms with van der Waals surface area (Å²) >= 11 is 0. The van der Waals surface area contributed by atoms with Crippen LogP contribution in [0, 0.1) is 0 Å². The van der Waals surface area contributed by atoms with Crippen molar-refractivity contribution in [1.82, 2.24) is 0 Å². The summed E-state index contributed by atoms with van der Waals surface area (Å²) in [7, 11) is 0. The first-order valence-electron chi connectivity index (χ1n) is 23.3. The monoisotopic (exact) mass is 839 g/mol. The van der Waals surface area contributed by atoms with Gasteiger partial charge in [0.2, 0.25) is 0 Å². The van der Waals surface area contributed by atoms with Gasteiger partial charge in [0.25, 0.3) is 0 Å². The lowest BCUT2D eigenvalue weighted by Gasteiger charge is -2.18.